The molecule has 0 fully saturated rings. The van der Waals surface area contributed by atoms with Crippen LogP contribution < -0.4 is 28.5 Å². The first-order chi connectivity index (χ1) is 7.90. The van der Waals surface area contributed by atoms with Crippen LogP contribution >= 0.6 is 0 Å². The second-order valence-electron chi connectivity index (χ2n) is 3.31. The van der Waals surface area contributed by atoms with E-state index in [4.69, 9.17) is 5.21 Å². The van der Waals surface area contributed by atoms with Crippen LogP contribution in [0.1, 0.15) is 5.69 Å². The standard InChI is InChI=1S/C12H11N3O.HI/c16-14-12(11-6-2-3-7-13-11)10-15-8-4-1-5-9-15;/h1-9H,10H2;1H/b14-12+;. The van der Waals surface area contributed by atoms with Gasteiger partial charge in [-0.1, -0.05) is 17.3 Å². The molecule has 0 atom stereocenters. The fraction of sp³-hybridized carbons (Fsp3) is 0.0833. The van der Waals surface area contributed by atoms with Gasteiger partial charge in [0.25, 0.3) is 0 Å². The average molecular weight is 341 g/mol. The molecule has 2 heterocycles. The number of hydrogen-bond acceptors (Lipinski definition) is 3. The van der Waals surface area contributed by atoms with E-state index in [9.17, 15) is 0 Å². The molecule has 0 bridgehead atoms. The van der Waals surface area contributed by atoms with Gasteiger partial charge in [0.05, 0.1) is 5.69 Å². The summed E-state index contributed by atoms with van der Waals surface area (Å²) in [5.74, 6) is 0. The minimum atomic E-state index is 0. The molecule has 1 N–H and O–H groups in total. The summed E-state index contributed by atoms with van der Waals surface area (Å²) in [6.45, 7) is 0.494. The van der Waals surface area contributed by atoms with E-state index in [0.29, 0.717) is 18.0 Å². The van der Waals surface area contributed by atoms with Gasteiger partial charge in [0, 0.05) is 18.3 Å². The maximum atomic E-state index is 8.98. The van der Waals surface area contributed by atoms with Gasteiger partial charge in [0.15, 0.2) is 24.7 Å². The van der Waals surface area contributed by atoms with E-state index in [2.05, 4.69) is 10.1 Å². The number of oxime groups is 1. The van der Waals surface area contributed by atoms with Crippen LogP contribution in [0.2, 0.25) is 0 Å². The van der Waals surface area contributed by atoms with Crippen molar-refractivity contribution in [2.24, 2.45) is 5.16 Å². The van der Waals surface area contributed by atoms with E-state index >= 15 is 0 Å². The van der Waals surface area contributed by atoms with Crippen LogP contribution in [0.4, 0.5) is 0 Å². The van der Waals surface area contributed by atoms with Crippen molar-refractivity contribution < 1.29 is 33.8 Å². The van der Waals surface area contributed by atoms with Gasteiger partial charge in [-0.25, -0.2) is 0 Å². The molecule has 0 unspecified atom stereocenters. The number of hydrogen-bond donors (Lipinski definition) is 1. The van der Waals surface area contributed by atoms with Crippen LogP contribution in [0.3, 0.4) is 0 Å². The predicted octanol–water partition coefficient (Wildman–Crippen LogP) is -1.75. The van der Waals surface area contributed by atoms with Crippen molar-refractivity contribution in [2.45, 2.75) is 6.54 Å². The summed E-state index contributed by atoms with van der Waals surface area (Å²) in [5, 5.41) is 12.3. The Balaban J connectivity index is 0.00000144. The Bertz CT molecular complexity index is 474. The van der Waals surface area contributed by atoms with Gasteiger partial charge in [-0.3, -0.25) is 4.98 Å². The van der Waals surface area contributed by atoms with Crippen molar-refractivity contribution >= 4 is 5.71 Å². The Morgan fingerprint density at radius 3 is 2.53 bits per heavy atom. The lowest BCUT2D eigenvalue weighted by Gasteiger charge is -1.99. The Morgan fingerprint density at radius 2 is 1.94 bits per heavy atom. The number of nitrogens with zero attached hydrogens (tertiary/aromatic N) is 3. The smallest absolute Gasteiger partial charge is 0.196 e. The number of pyridine rings is 2. The quantitative estimate of drug-likeness (QED) is 0.237. The van der Waals surface area contributed by atoms with E-state index in [1.165, 1.54) is 0 Å². The monoisotopic (exact) mass is 341 g/mol. The zero-order chi connectivity index (χ0) is 11.2. The van der Waals surface area contributed by atoms with Crippen molar-refractivity contribution in [1.29, 1.82) is 0 Å². The third kappa shape index (κ3) is 3.77. The van der Waals surface area contributed by atoms with E-state index in [1.54, 1.807) is 6.20 Å². The number of halogens is 1. The van der Waals surface area contributed by atoms with E-state index in [1.807, 2.05) is 53.4 Å². The SMILES string of the molecule is O/N=C(\C[n+]1ccccc1)c1ccccn1.[I-]. The minimum Gasteiger partial charge on any atom is -1.00 e. The first kappa shape index (κ1) is 13.6. The molecular weight excluding hydrogens is 329 g/mol. The number of aromatic nitrogens is 2. The maximum Gasteiger partial charge on any atom is 0.196 e. The molecule has 0 aliphatic carbocycles. The van der Waals surface area contributed by atoms with E-state index in [-0.39, 0.29) is 24.0 Å². The molecule has 0 spiro atoms. The van der Waals surface area contributed by atoms with Crippen LogP contribution in [0.15, 0.2) is 60.1 Å². The first-order valence-electron chi connectivity index (χ1n) is 4.96. The average Bonchev–Trinajstić information content (AvgIpc) is 2.38. The van der Waals surface area contributed by atoms with Gasteiger partial charge in [-0.05, 0) is 12.1 Å². The summed E-state index contributed by atoms with van der Waals surface area (Å²) in [5.41, 5.74) is 1.22. The third-order valence-corrected chi connectivity index (χ3v) is 2.19. The molecule has 0 aromatic carbocycles. The molecule has 4 nitrogen and oxygen atoms in total. The van der Waals surface area contributed by atoms with Gasteiger partial charge in [-0.2, -0.15) is 4.57 Å². The Kier molecular flexibility index (Phi) is 5.55. The number of rotatable bonds is 3. The van der Waals surface area contributed by atoms with Gasteiger partial charge < -0.3 is 29.2 Å². The highest BCUT2D eigenvalue weighted by Gasteiger charge is 2.10. The third-order valence-electron chi connectivity index (χ3n) is 2.19. The summed E-state index contributed by atoms with van der Waals surface area (Å²) < 4.78 is 1.92. The molecule has 17 heavy (non-hydrogen) atoms. The van der Waals surface area contributed by atoms with Crippen molar-refractivity contribution in [2.75, 3.05) is 0 Å². The van der Waals surface area contributed by atoms with Crippen LogP contribution in [0.5, 0.6) is 0 Å². The molecule has 2 aromatic heterocycles. The summed E-state index contributed by atoms with van der Waals surface area (Å²) in [7, 11) is 0. The maximum absolute atomic E-state index is 8.98. The Labute approximate surface area is 117 Å². The van der Waals surface area contributed by atoms with Crippen molar-refractivity contribution in [3.8, 4) is 0 Å². The first-order valence-corrected chi connectivity index (χ1v) is 4.96. The Hall–Kier alpha value is -1.50. The predicted molar refractivity (Wildman–Crippen MR) is 59.2 cm³/mol. The lowest BCUT2D eigenvalue weighted by atomic mass is 10.2. The highest BCUT2D eigenvalue weighted by Crippen LogP contribution is 1.96. The zero-order valence-electron chi connectivity index (χ0n) is 9.07. The van der Waals surface area contributed by atoms with Gasteiger partial charge in [-0.15, -0.1) is 0 Å². The molecule has 2 aromatic rings. The molecule has 0 amide bonds. The summed E-state index contributed by atoms with van der Waals surface area (Å²) >= 11 is 0. The van der Waals surface area contributed by atoms with Crippen molar-refractivity contribution in [1.82, 2.24) is 4.98 Å². The van der Waals surface area contributed by atoms with Crippen LogP contribution in [0, 0.1) is 0 Å². The van der Waals surface area contributed by atoms with Crippen molar-refractivity contribution in [3.63, 3.8) is 0 Å². The topological polar surface area (TPSA) is 49.4 Å². The second kappa shape index (κ2) is 6.95. The van der Waals surface area contributed by atoms with Crippen molar-refractivity contribution in [3.05, 3.63) is 60.7 Å². The molecule has 0 radical (unpaired) electrons. The lowest BCUT2D eigenvalue weighted by molar-refractivity contribution is -0.681. The largest absolute Gasteiger partial charge is 1.00 e. The molecular formula is C12H12IN3O. The summed E-state index contributed by atoms with van der Waals surface area (Å²) in [4.78, 5) is 4.14. The fourth-order valence-electron chi connectivity index (χ4n) is 1.41. The molecule has 0 saturated heterocycles. The molecule has 88 valence electrons. The Morgan fingerprint density at radius 1 is 1.18 bits per heavy atom. The van der Waals surface area contributed by atoms with Crippen LogP contribution in [-0.2, 0) is 6.54 Å². The normalized spacial score (nSPS) is 10.7. The molecule has 0 aliphatic heterocycles. The summed E-state index contributed by atoms with van der Waals surface area (Å²) in [6.07, 6.45) is 5.50. The zero-order valence-corrected chi connectivity index (χ0v) is 11.2. The van der Waals surface area contributed by atoms with Crippen LogP contribution in [-0.4, -0.2) is 15.9 Å². The van der Waals surface area contributed by atoms with Gasteiger partial charge in [0.2, 0.25) is 0 Å². The second-order valence-corrected chi connectivity index (χ2v) is 3.31. The highest BCUT2D eigenvalue weighted by molar-refractivity contribution is 5.97. The fourth-order valence-corrected chi connectivity index (χ4v) is 1.41. The van der Waals surface area contributed by atoms with E-state index in [0.717, 1.165) is 0 Å². The van der Waals surface area contributed by atoms with E-state index < -0.39 is 0 Å². The molecule has 0 saturated carbocycles. The highest BCUT2D eigenvalue weighted by atomic mass is 127. The molecule has 2 rings (SSSR count). The molecule has 0 aliphatic rings. The minimum absolute atomic E-state index is 0. The molecule has 5 heteroatoms. The van der Waals surface area contributed by atoms with Gasteiger partial charge in [0.1, 0.15) is 0 Å². The van der Waals surface area contributed by atoms with Crippen LogP contribution in [0.25, 0.3) is 0 Å². The lowest BCUT2D eigenvalue weighted by Crippen LogP contribution is -3.00. The summed E-state index contributed by atoms with van der Waals surface area (Å²) in [6, 6.07) is 11.3. The van der Waals surface area contributed by atoms with Gasteiger partial charge >= 0.3 is 0 Å².